The van der Waals surface area contributed by atoms with Crippen LogP contribution in [0.15, 0.2) is 18.2 Å². The van der Waals surface area contributed by atoms with E-state index in [-0.39, 0.29) is 11.8 Å². The summed E-state index contributed by atoms with van der Waals surface area (Å²) in [6, 6.07) is 5.54. The molecule has 1 aliphatic heterocycles. The van der Waals surface area contributed by atoms with Crippen molar-refractivity contribution in [3.05, 3.63) is 28.8 Å². The lowest BCUT2D eigenvalue weighted by atomic mass is 9.96. The molecule has 1 aliphatic rings. The molecule has 1 aromatic carbocycles. The van der Waals surface area contributed by atoms with Gasteiger partial charge in [0.1, 0.15) is 12.4 Å². The first-order chi connectivity index (χ1) is 9.70. The highest BCUT2D eigenvalue weighted by atomic mass is 35.5. The minimum Gasteiger partial charge on any atom is -0.492 e. The van der Waals surface area contributed by atoms with Gasteiger partial charge in [-0.25, -0.2) is 0 Å². The zero-order valence-corrected chi connectivity index (χ0v) is 12.5. The first-order valence-electron chi connectivity index (χ1n) is 7.10. The smallest absolute Gasteiger partial charge is 0.226 e. The number of hydrogen-bond acceptors (Lipinski definition) is 3. The number of fused-ring (bicyclic) bond motifs is 1. The summed E-state index contributed by atoms with van der Waals surface area (Å²) in [5.41, 5.74) is 1.01. The van der Waals surface area contributed by atoms with Crippen LogP contribution in [0.3, 0.4) is 0 Å². The van der Waals surface area contributed by atoms with Crippen molar-refractivity contribution in [2.75, 3.05) is 26.2 Å². The van der Waals surface area contributed by atoms with Crippen LogP contribution in [-0.2, 0) is 11.2 Å². The standard InChI is InChI=1S/C15H21ClN2O2/c1-2-5-17-6-7-18-15(19)12-8-11-9-13(16)3-4-14(11)20-10-12/h3-4,9,12,17H,2,5-8,10H2,1H3,(H,18,19). The van der Waals surface area contributed by atoms with Crippen molar-refractivity contribution >= 4 is 17.5 Å². The molecule has 0 saturated heterocycles. The Kier molecular flexibility index (Phi) is 5.68. The Balaban J connectivity index is 1.81. The molecule has 1 amide bonds. The average molecular weight is 297 g/mol. The van der Waals surface area contributed by atoms with Crippen molar-refractivity contribution in [2.45, 2.75) is 19.8 Å². The molecule has 20 heavy (non-hydrogen) atoms. The zero-order chi connectivity index (χ0) is 14.4. The van der Waals surface area contributed by atoms with E-state index in [1.807, 2.05) is 12.1 Å². The summed E-state index contributed by atoms with van der Waals surface area (Å²) in [6.07, 6.45) is 1.78. The molecule has 0 aliphatic carbocycles. The molecule has 2 rings (SSSR count). The lowest BCUT2D eigenvalue weighted by molar-refractivity contribution is -0.126. The molecule has 5 heteroatoms. The fraction of sp³-hybridized carbons (Fsp3) is 0.533. The molecule has 1 aromatic rings. The lowest BCUT2D eigenvalue weighted by Crippen LogP contribution is -2.40. The minimum atomic E-state index is -0.132. The highest BCUT2D eigenvalue weighted by Crippen LogP contribution is 2.29. The van der Waals surface area contributed by atoms with Gasteiger partial charge < -0.3 is 15.4 Å². The number of benzene rings is 1. The molecular formula is C15H21ClN2O2. The van der Waals surface area contributed by atoms with Crippen molar-refractivity contribution in [1.29, 1.82) is 0 Å². The number of carbonyl (C=O) groups is 1. The Bertz CT molecular complexity index is 465. The molecule has 0 bridgehead atoms. The summed E-state index contributed by atoms with van der Waals surface area (Å²) in [4.78, 5) is 12.1. The topological polar surface area (TPSA) is 50.4 Å². The van der Waals surface area contributed by atoms with Crippen LogP contribution < -0.4 is 15.4 Å². The van der Waals surface area contributed by atoms with Crippen molar-refractivity contribution in [1.82, 2.24) is 10.6 Å². The number of amides is 1. The van der Waals surface area contributed by atoms with Crippen LogP contribution in [0.2, 0.25) is 5.02 Å². The molecule has 0 saturated carbocycles. The molecule has 0 radical (unpaired) electrons. The van der Waals surface area contributed by atoms with E-state index in [1.165, 1.54) is 0 Å². The van der Waals surface area contributed by atoms with Gasteiger partial charge in [0.25, 0.3) is 0 Å². The summed E-state index contributed by atoms with van der Waals surface area (Å²) in [5, 5.41) is 6.87. The normalized spacial score (nSPS) is 17.2. The molecule has 4 nitrogen and oxygen atoms in total. The Morgan fingerprint density at radius 3 is 3.05 bits per heavy atom. The second-order valence-corrected chi connectivity index (χ2v) is 5.44. The van der Waals surface area contributed by atoms with Crippen LogP contribution >= 0.6 is 11.6 Å². The molecule has 0 fully saturated rings. The van der Waals surface area contributed by atoms with Gasteiger partial charge in [-0.1, -0.05) is 18.5 Å². The van der Waals surface area contributed by atoms with Crippen LogP contribution in [-0.4, -0.2) is 32.1 Å². The van der Waals surface area contributed by atoms with Crippen LogP contribution in [0.1, 0.15) is 18.9 Å². The van der Waals surface area contributed by atoms with Gasteiger partial charge in [0, 0.05) is 18.1 Å². The maximum atomic E-state index is 12.1. The van der Waals surface area contributed by atoms with E-state index in [0.717, 1.165) is 30.8 Å². The maximum absolute atomic E-state index is 12.1. The molecule has 1 heterocycles. The third-order valence-corrected chi connectivity index (χ3v) is 3.56. The number of ether oxygens (including phenoxy) is 1. The maximum Gasteiger partial charge on any atom is 0.226 e. The van der Waals surface area contributed by atoms with Crippen molar-refractivity contribution in [3.8, 4) is 5.75 Å². The fourth-order valence-electron chi connectivity index (χ4n) is 2.25. The first kappa shape index (κ1) is 15.1. The van der Waals surface area contributed by atoms with E-state index in [9.17, 15) is 4.79 Å². The second kappa shape index (κ2) is 7.50. The Labute approximate surface area is 124 Å². The van der Waals surface area contributed by atoms with Crippen LogP contribution in [0.4, 0.5) is 0 Å². The van der Waals surface area contributed by atoms with Crippen LogP contribution in [0.5, 0.6) is 5.75 Å². The Hall–Kier alpha value is -1.26. The molecular weight excluding hydrogens is 276 g/mol. The van der Waals surface area contributed by atoms with Crippen molar-refractivity contribution in [2.24, 2.45) is 5.92 Å². The summed E-state index contributed by atoms with van der Waals surface area (Å²) in [5.74, 6) is 0.754. The van der Waals surface area contributed by atoms with E-state index < -0.39 is 0 Å². The van der Waals surface area contributed by atoms with Gasteiger partial charge in [0.05, 0.1) is 5.92 Å². The van der Waals surface area contributed by atoms with Gasteiger partial charge in [-0.05, 0) is 43.1 Å². The first-order valence-corrected chi connectivity index (χ1v) is 7.48. The van der Waals surface area contributed by atoms with Crippen LogP contribution in [0, 0.1) is 5.92 Å². The minimum absolute atomic E-state index is 0.0499. The predicted molar refractivity (Wildman–Crippen MR) is 80.3 cm³/mol. The van der Waals surface area contributed by atoms with Gasteiger partial charge in [-0.2, -0.15) is 0 Å². The third-order valence-electron chi connectivity index (χ3n) is 3.33. The van der Waals surface area contributed by atoms with Gasteiger partial charge >= 0.3 is 0 Å². The quantitative estimate of drug-likeness (QED) is 0.790. The Morgan fingerprint density at radius 2 is 2.25 bits per heavy atom. The number of rotatable bonds is 6. The van der Waals surface area contributed by atoms with E-state index in [4.69, 9.17) is 16.3 Å². The number of halogens is 1. The SMILES string of the molecule is CCCNCCNC(=O)C1COc2ccc(Cl)cc2C1. The van der Waals surface area contributed by atoms with E-state index >= 15 is 0 Å². The van der Waals surface area contributed by atoms with E-state index in [1.54, 1.807) is 6.07 Å². The van der Waals surface area contributed by atoms with Crippen LogP contribution in [0.25, 0.3) is 0 Å². The molecule has 110 valence electrons. The zero-order valence-electron chi connectivity index (χ0n) is 11.7. The van der Waals surface area contributed by atoms with Gasteiger partial charge in [0.2, 0.25) is 5.91 Å². The molecule has 0 spiro atoms. The summed E-state index contributed by atoms with van der Waals surface area (Å²) < 4.78 is 5.62. The van der Waals surface area contributed by atoms with Gasteiger partial charge in [-0.3, -0.25) is 4.79 Å². The lowest BCUT2D eigenvalue weighted by Gasteiger charge is -2.24. The summed E-state index contributed by atoms with van der Waals surface area (Å²) >= 11 is 5.97. The molecule has 2 N–H and O–H groups in total. The number of carbonyl (C=O) groups excluding carboxylic acids is 1. The monoisotopic (exact) mass is 296 g/mol. The van der Waals surface area contributed by atoms with E-state index in [0.29, 0.717) is 24.6 Å². The number of hydrogen-bond donors (Lipinski definition) is 2. The summed E-state index contributed by atoms with van der Waals surface area (Å²) in [7, 11) is 0. The average Bonchev–Trinajstić information content (AvgIpc) is 2.46. The highest BCUT2D eigenvalue weighted by molar-refractivity contribution is 6.30. The molecule has 1 unspecified atom stereocenters. The predicted octanol–water partition coefficient (Wildman–Crippen LogP) is 2.01. The van der Waals surface area contributed by atoms with Crippen molar-refractivity contribution < 1.29 is 9.53 Å². The second-order valence-electron chi connectivity index (χ2n) is 5.01. The largest absolute Gasteiger partial charge is 0.492 e. The molecule has 0 aromatic heterocycles. The van der Waals surface area contributed by atoms with Gasteiger partial charge in [-0.15, -0.1) is 0 Å². The fourth-order valence-corrected chi connectivity index (χ4v) is 2.45. The Morgan fingerprint density at radius 1 is 1.40 bits per heavy atom. The van der Waals surface area contributed by atoms with E-state index in [2.05, 4.69) is 17.6 Å². The number of nitrogens with one attached hydrogen (secondary N) is 2. The summed E-state index contributed by atoms with van der Waals surface area (Å²) in [6.45, 7) is 4.98. The van der Waals surface area contributed by atoms with Crippen molar-refractivity contribution in [3.63, 3.8) is 0 Å². The molecule has 1 atom stereocenters. The highest BCUT2D eigenvalue weighted by Gasteiger charge is 2.25. The third kappa shape index (κ3) is 4.12. The van der Waals surface area contributed by atoms with Gasteiger partial charge in [0.15, 0.2) is 0 Å².